The number of carbonyl (C=O) groups excluding carboxylic acids is 3. The molecule has 10 heteroatoms. The average molecular weight is 466 g/mol. The third-order valence-corrected chi connectivity index (χ3v) is 3.99. The quantitative estimate of drug-likeness (QED) is 0.410. The van der Waals surface area contributed by atoms with E-state index in [2.05, 4.69) is 16.0 Å². The second kappa shape index (κ2) is 12.1. The monoisotopic (exact) mass is 465 g/mol. The highest BCUT2D eigenvalue weighted by molar-refractivity contribution is 5.96. The number of carboxylic acid groups (broad SMARTS) is 1. The van der Waals surface area contributed by atoms with Crippen LogP contribution >= 0.6 is 0 Å². The van der Waals surface area contributed by atoms with Crippen LogP contribution in [-0.2, 0) is 20.8 Å². The Morgan fingerprint density at radius 2 is 1.39 bits per heavy atom. The SMILES string of the molecule is CC(C)(C)OC(=O)NCCC[C@H](NC(=O)c1ccc(CNC(=O)OC(C)(C)C)cc1)C(=O)O. The van der Waals surface area contributed by atoms with Crippen molar-refractivity contribution in [3.63, 3.8) is 0 Å². The number of hydrogen-bond acceptors (Lipinski definition) is 6. The van der Waals surface area contributed by atoms with Crippen molar-refractivity contribution < 1.29 is 33.8 Å². The molecule has 0 radical (unpaired) electrons. The molecule has 10 nitrogen and oxygen atoms in total. The molecule has 4 N–H and O–H groups in total. The summed E-state index contributed by atoms with van der Waals surface area (Å²) in [6.07, 6.45) is -0.657. The number of amides is 3. The molecule has 0 aliphatic carbocycles. The molecule has 0 fully saturated rings. The van der Waals surface area contributed by atoms with Gasteiger partial charge in [0.15, 0.2) is 0 Å². The van der Waals surface area contributed by atoms with Gasteiger partial charge in [0, 0.05) is 18.7 Å². The molecule has 1 atom stereocenters. The molecule has 3 amide bonds. The summed E-state index contributed by atoms with van der Waals surface area (Å²) in [6.45, 7) is 11.0. The summed E-state index contributed by atoms with van der Waals surface area (Å²) in [7, 11) is 0. The van der Waals surface area contributed by atoms with Gasteiger partial charge in [-0.15, -0.1) is 0 Å². The summed E-state index contributed by atoms with van der Waals surface area (Å²) in [5, 5.41) is 17.1. The molecule has 0 heterocycles. The number of rotatable bonds is 9. The fourth-order valence-electron chi connectivity index (χ4n) is 2.57. The van der Waals surface area contributed by atoms with Crippen LogP contribution in [0.2, 0.25) is 0 Å². The van der Waals surface area contributed by atoms with Gasteiger partial charge in [-0.2, -0.15) is 0 Å². The van der Waals surface area contributed by atoms with Crippen molar-refractivity contribution in [3.05, 3.63) is 35.4 Å². The molecule has 0 saturated heterocycles. The minimum absolute atomic E-state index is 0.134. The Hall–Kier alpha value is -3.30. The van der Waals surface area contributed by atoms with Gasteiger partial charge < -0.3 is 30.5 Å². The van der Waals surface area contributed by atoms with Gasteiger partial charge in [-0.1, -0.05) is 12.1 Å². The van der Waals surface area contributed by atoms with Crippen LogP contribution in [0, 0.1) is 0 Å². The van der Waals surface area contributed by atoms with Gasteiger partial charge in [0.2, 0.25) is 0 Å². The Kier molecular flexibility index (Phi) is 10.2. The lowest BCUT2D eigenvalue weighted by atomic mass is 10.1. The Bertz CT molecular complexity index is 824. The highest BCUT2D eigenvalue weighted by Crippen LogP contribution is 2.09. The second-order valence-electron chi connectivity index (χ2n) is 9.49. The lowest BCUT2D eigenvalue weighted by Gasteiger charge is -2.20. The largest absolute Gasteiger partial charge is 0.480 e. The predicted octanol–water partition coefficient (Wildman–Crippen LogP) is 3.20. The fraction of sp³-hybridized carbons (Fsp3) is 0.565. The van der Waals surface area contributed by atoms with E-state index in [9.17, 15) is 24.3 Å². The van der Waals surface area contributed by atoms with E-state index in [1.807, 2.05) is 0 Å². The molecule has 0 aliphatic rings. The molecule has 0 aliphatic heterocycles. The first-order valence-electron chi connectivity index (χ1n) is 10.7. The molecule has 1 aromatic carbocycles. The van der Waals surface area contributed by atoms with Crippen LogP contribution in [0.1, 0.15) is 70.3 Å². The van der Waals surface area contributed by atoms with Gasteiger partial charge >= 0.3 is 18.2 Å². The fourth-order valence-corrected chi connectivity index (χ4v) is 2.57. The number of hydrogen-bond donors (Lipinski definition) is 4. The van der Waals surface area contributed by atoms with E-state index >= 15 is 0 Å². The molecule has 0 bridgehead atoms. The van der Waals surface area contributed by atoms with Crippen molar-refractivity contribution in [1.82, 2.24) is 16.0 Å². The van der Waals surface area contributed by atoms with Gasteiger partial charge in [0.25, 0.3) is 5.91 Å². The summed E-state index contributed by atoms with van der Waals surface area (Å²) in [5.74, 6) is -1.70. The minimum Gasteiger partial charge on any atom is -0.480 e. The third kappa shape index (κ3) is 12.4. The van der Waals surface area contributed by atoms with Gasteiger partial charge in [-0.3, -0.25) is 4.79 Å². The van der Waals surface area contributed by atoms with Crippen LogP contribution in [0.4, 0.5) is 9.59 Å². The van der Waals surface area contributed by atoms with Gasteiger partial charge in [0.1, 0.15) is 17.2 Å². The molecule has 1 aromatic rings. The van der Waals surface area contributed by atoms with Crippen molar-refractivity contribution in [1.29, 1.82) is 0 Å². The molecule has 184 valence electrons. The van der Waals surface area contributed by atoms with Crippen LogP contribution in [0.3, 0.4) is 0 Å². The van der Waals surface area contributed by atoms with Gasteiger partial charge in [-0.05, 0) is 72.1 Å². The van der Waals surface area contributed by atoms with E-state index in [1.165, 1.54) is 0 Å². The molecule has 0 aromatic heterocycles. The van der Waals surface area contributed by atoms with Crippen LogP contribution in [-0.4, -0.2) is 53.0 Å². The van der Waals surface area contributed by atoms with Crippen molar-refractivity contribution in [2.24, 2.45) is 0 Å². The number of aliphatic carboxylic acids is 1. The summed E-state index contributed by atoms with van der Waals surface area (Å²) in [6, 6.07) is 5.31. The van der Waals surface area contributed by atoms with E-state index < -0.39 is 41.3 Å². The Morgan fingerprint density at radius 3 is 1.88 bits per heavy atom. The van der Waals surface area contributed by atoms with Crippen LogP contribution in [0.25, 0.3) is 0 Å². The molecule has 0 unspecified atom stereocenters. The summed E-state index contributed by atoms with van der Waals surface area (Å²) < 4.78 is 10.3. The number of alkyl carbamates (subject to hydrolysis) is 2. The van der Waals surface area contributed by atoms with Crippen molar-refractivity contribution in [3.8, 4) is 0 Å². The maximum atomic E-state index is 12.4. The number of carbonyl (C=O) groups is 4. The van der Waals surface area contributed by atoms with E-state index in [1.54, 1.807) is 65.8 Å². The highest BCUT2D eigenvalue weighted by Gasteiger charge is 2.21. The molecule has 33 heavy (non-hydrogen) atoms. The lowest BCUT2D eigenvalue weighted by Crippen LogP contribution is -2.41. The van der Waals surface area contributed by atoms with Crippen LogP contribution in [0.15, 0.2) is 24.3 Å². The van der Waals surface area contributed by atoms with Crippen LogP contribution in [0.5, 0.6) is 0 Å². The topological polar surface area (TPSA) is 143 Å². The maximum Gasteiger partial charge on any atom is 0.407 e. The molecule has 1 rings (SSSR count). The zero-order valence-corrected chi connectivity index (χ0v) is 20.1. The maximum absolute atomic E-state index is 12.4. The van der Waals surface area contributed by atoms with Crippen molar-refractivity contribution >= 4 is 24.1 Å². The first-order valence-corrected chi connectivity index (χ1v) is 10.7. The Labute approximate surface area is 194 Å². The number of nitrogens with one attached hydrogen (secondary N) is 3. The summed E-state index contributed by atoms with van der Waals surface area (Å²) in [5.41, 5.74) is -0.184. The lowest BCUT2D eigenvalue weighted by molar-refractivity contribution is -0.139. The van der Waals surface area contributed by atoms with Gasteiger partial charge in [-0.25, -0.2) is 14.4 Å². The summed E-state index contributed by atoms with van der Waals surface area (Å²) in [4.78, 5) is 47.3. The standard InChI is InChI=1S/C23H35N3O7/c1-22(2,3)32-20(30)24-13-7-8-17(19(28)29)26-18(27)16-11-9-15(10-12-16)14-25-21(31)33-23(4,5)6/h9-12,17H,7-8,13-14H2,1-6H3,(H,24,30)(H,25,31)(H,26,27)(H,28,29)/t17-/m0/s1. The number of carboxylic acids is 1. The number of benzene rings is 1. The molecule has 0 saturated carbocycles. The smallest absolute Gasteiger partial charge is 0.407 e. The molecule has 0 spiro atoms. The first kappa shape index (κ1) is 27.7. The second-order valence-corrected chi connectivity index (χ2v) is 9.49. The number of ether oxygens (including phenoxy) is 2. The van der Waals surface area contributed by atoms with Crippen LogP contribution < -0.4 is 16.0 Å². The molecular weight excluding hydrogens is 430 g/mol. The first-order chi connectivity index (χ1) is 15.2. The van der Waals surface area contributed by atoms with Crippen molar-refractivity contribution in [2.45, 2.75) is 78.2 Å². The normalized spacial score (nSPS) is 12.3. The van der Waals surface area contributed by atoms with Gasteiger partial charge in [0.05, 0.1) is 0 Å². The Morgan fingerprint density at radius 1 is 0.879 bits per heavy atom. The minimum atomic E-state index is -1.17. The average Bonchev–Trinajstić information content (AvgIpc) is 2.66. The zero-order chi connectivity index (χ0) is 25.2. The van der Waals surface area contributed by atoms with E-state index in [-0.39, 0.29) is 25.1 Å². The summed E-state index contributed by atoms with van der Waals surface area (Å²) >= 11 is 0. The highest BCUT2D eigenvalue weighted by atomic mass is 16.6. The van der Waals surface area contributed by atoms with E-state index in [4.69, 9.17) is 9.47 Å². The third-order valence-electron chi connectivity index (χ3n) is 3.99. The van der Waals surface area contributed by atoms with E-state index in [0.717, 1.165) is 5.56 Å². The molecular formula is C23H35N3O7. The van der Waals surface area contributed by atoms with Crippen molar-refractivity contribution in [2.75, 3.05) is 6.54 Å². The van der Waals surface area contributed by atoms with E-state index in [0.29, 0.717) is 6.42 Å². The zero-order valence-electron chi connectivity index (χ0n) is 20.1. The predicted molar refractivity (Wildman–Crippen MR) is 122 cm³/mol. The Balaban J connectivity index is 2.51.